The summed E-state index contributed by atoms with van der Waals surface area (Å²) >= 11 is 0. The summed E-state index contributed by atoms with van der Waals surface area (Å²) < 4.78 is 10.2. The molecule has 0 atom stereocenters. The largest absolute Gasteiger partial charge is 0.497 e. The first-order chi connectivity index (χ1) is 14.7. The Bertz CT molecular complexity index is 1160. The van der Waals surface area contributed by atoms with E-state index < -0.39 is 0 Å². The zero-order chi connectivity index (χ0) is 20.9. The zero-order valence-electron chi connectivity index (χ0n) is 16.3. The number of nitrogens with zero attached hydrogens (tertiary/aromatic N) is 5. The number of nitrogens with one attached hydrogen (secondary N) is 1. The van der Waals surface area contributed by atoms with Crippen molar-refractivity contribution in [2.75, 3.05) is 19.5 Å². The molecule has 4 rings (SSSR count). The van der Waals surface area contributed by atoms with Gasteiger partial charge in [-0.05, 0) is 47.7 Å². The van der Waals surface area contributed by atoms with Crippen LogP contribution in [0.25, 0.3) is 17.1 Å². The highest BCUT2D eigenvalue weighted by Crippen LogP contribution is 2.25. The minimum atomic E-state index is -0.253. The van der Waals surface area contributed by atoms with Crippen LogP contribution < -0.4 is 14.8 Å². The van der Waals surface area contributed by atoms with Crippen molar-refractivity contribution in [1.29, 1.82) is 0 Å². The van der Waals surface area contributed by atoms with Crippen LogP contribution in [0.5, 0.6) is 11.6 Å². The van der Waals surface area contributed by atoms with Crippen molar-refractivity contribution in [3.05, 3.63) is 72.4 Å². The third kappa shape index (κ3) is 3.95. The van der Waals surface area contributed by atoms with E-state index in [9.17, 15) is 4.79 Å². The Labute approximate surface area is 172 Å². The van der Waals surface area contributed by atoms with Crippen LogP contribution in [0.2, 0.25) is 0 Å². The summed E-state index contributed by atoms with van der Waals surface area (Å²) in [6.45, 7) is 0. The first-order valence-corrected chi connectivity index (χ1v) is 9.03. The SMILES string of the molecule is COc1ccc(C(=O)Nc2ccccc2-c2nnn(-c3ccc(OC)nc3)n2)cc1. The van der Waals surface area contributed by atoms with E-state index in [0.29, 0.717) is 40.0 Å². The summed E-state index contributed by atoms with van der Waals surface area (Å²) in [6, 6.07) is 17.6. The van der Waals surface area contributed by atoms with E-state index in [1.165, 1.54) is 4.80 Å². The molecule has 0 aliphatic rings. The van der Waals surface area contributed by atoms with Gasteiger partial charge in [-0.25, -0.2) is 4.98 Å². The molecule has 2 heterocycles. The quantitative estimate of drug-likeness (QED) is 0.529. The number of tetrazole rings is 1. The molecule has 0 unspecified atom stereocenters. The number of pyridine rings is 1. The maximum atomic E-state index is 12.7. The Kier molecular flexibility index (Phi) is 5.33. The first kappa shape index (κ1) is 19.1. The van der Waals surface area contributed by atoms with Crippen LogP contribution in [-0.4, -0.2) is 45.3 Å². The van der Waals surface area contributed by atoms with Gasteiger partial charge in [0.15, 0.2) is 0 Å². The molecule has 0 saturated carbocycles. The van der Waals surface area contributed by atoms with Gasteiger partial charge in [0, 0.05) is 17.2 Å². The molecule has 1 amide bonds. The number of hydrogen-bond acceptors (Lipinski definition) is 7. The standard InChI is InChI=1S/C21H18N6O3/c1-29-16-10-7-14(8-11-16)21(28)23-18-6-4-3-5-17(18)20-24-26-27(25-20)15-9-12-19(30-2)22-13-15/h3-13H,1-2H3,(H,23,28). The Morgan fingerprint density at radius 3 is 2.47 bits per heavy atom. The Hall–Kier alpha value is -4.27. The smallest absolute Gasteiger partial charge is 0.255 e. The van der Waals surface area contributed by atoms with Gasteiger partial charge in [-0.2, -0.15) is 0 Å². The van der Waals surface area contributed by atoms with Crippen LogP contribution in [-0.2, 0) is 0 Å². The molecule has 150 valence electrons. The number of ether oxygens (including phenoxy) is 2. The Balaban J connectivity index is 1.58. The third-order valence-electron chi connectivity index (χ3n) is 4.34. The second-order valence-corrected chi connectivity index (χ2v) is 6.19. The number of rotatable bonds is 6. The molecule has 30 heavy (non-hydrogen) atoms. The van der Waals surface area contributed by atoms with Gasteiger partial charge >= 0.3 is 0 Å². The van der Waals surface area contributed by atoms with Crippen LogP contribution in [0.4, 0.5) is 5.69 Å². The molecule has 0 radical (unpaired) electrons. The zero-order valence-corrected chi connectivity index (χ0v) is 16.3. The summed E-state index contributed by atoms with van der Waals surface area (Å²) in [5, 5.41) is 15.5. The molecular formula is C21H18N6O3. The first-order valence-electron chi connectivity index (χ1n) is 9.03. The fraction of sp³-hybridized carbons (Fsp3) is 0.0952. The minimum absolute atomic E-state index is 0.253. The summed E-state index contributed by atoms with van der Waals surface area (Å²) in [7, 11) is 3.12. The molecule has 2 aromatic heterocycles. The van der Waals surface area contributed by atoms with Crippen LogP contribution in [0.3, 0.4) is 0 Å². The number of para-hydroxylation sites is 1. The van der Waals surface area contributed by atoms with E-state index in [2.05, 4.69) is 25.7 Å². The van der Waals surface area contributed by atoms with Crippen LogP contribution in [0, 0.1) is 0 Å². The van der Waals surface area contributed by atoms with Crippen molar-refractivity contribution in [3.63, 3.8) is 0 Å². The van der Waals surface area contributed by atoms with E-state index in [-0.39, 0.29) is 5.91 Å². The highest BCUT2D eigenvalue weighted by atomic mass is 16.5. The van der Waals surface area contributed by atoms with E-state index >= 15 is 0 Å². The van der Waals surface area contributed by atoms with Crippen molar-refractivity contribution >= 4 is 11.6 Å². The van der Waals surface area contributed by atoms with E-state index in [1.807, 2.05) is 18.2 Å². The number of anilines is 1. The molecule has 0 fully saturated rings. The summed E-state index contributed by atoms with van der Waals surface area (Å²) in [5.74, 6) is 1.29. The lowest BCUT2D eigenvalue weighted by molar-refractivity contribution is 0.102. The maximum Gasteiger partial charge on any atom is 0.255 e. The molecule has 0 spiro atoms. The number of carbonyl (C=O) groups is 1. The monoisotopic (exact) mass is 402 g/mol. The Morgan fingerprint density at radius 1 is 0.967 bits per heavy atom. The second-order valence-electron chi connectivity index (χ2n) is 6.19. The second kappa shape index (κ2) is 8.39. The van der Waals surface area contributed by atoms with Crippen LogP contribution in [0.15, 0.2) is 66.9 Å². The highest BCUT2D eigenvalue weighted by molar-refractivity contribution is 6.06. The molecule has 0 bridgehead atoms. The number of methoxy groups -OCH3 is 2. The number of benzene rings is 2. The minimum Gasteiger partial charge on any atom is -0.497 e. The molecule has 9 heteroatoms. The molecule has 4 aromatic rings. The van der Waals surface area contributed by atoms with E-state index in [1.54, 1.807) is 62.9 Å². The molecule has 0 aliphatic carbocycles. The average molecular weight is 402 g/mol. The highest BCUT2D eigenvalue weighted by Gasteiger charge is 2.14. The van der Waals surface area contributed by atoms with Gasteiger partial charge in [-0.3, -0.25) is 4.79 Å². The topological polar surface area (TPSA) is 104 Å². The normalized spacial score (nSPS) is 10.5. The van der Waals surface area contributed by atoms with Crippen molar-refractivity contribution in [3.8, 4) is 28.7 Å². The molecule has 1 N–H and O–H groups in total. The van der Waals surface area contributed by atoms with E-state index in [4.69, 9.17) is 9.47 Å². The van der Waals surface area contributed by atoms with Gasteiger partial charge in [-0.15, -0.1) is 15.0 Å². The fourth-order valence-electron chi connectivity index (χ4n) is 2.77. The average Bonchev–Trinajstić information content (AvgIpc) is 3.29. The molecule has 0 saturated heterocycles. The molecule has 9 nitrogen and oxygen atoms in total. The lowest BCUT2D eigenvalue weighted by Gasteiger charge is -2.09. The third-order valence-corrected chi connectivity index (χ3v) is 4.34. The lowest BCUT2D eigenvalue weighted by atomic mass is 10.1. The van der Waals surface area contributed by atoms with Crippen molar-refractivity contribution in [2.24, 2.45) is 0 Å². The van der Waals surface area contributed by atoms with Gasteiger partial charge in [0.25, 0.3) is 5.91 Å². The fourth-order valence-corrected chi connectivity index (χ4v) is 2.77. The summed E-state index contributed by atoms with van der Waals surface area (Å²) in [4.78, 5) is 18.2. The molecule has 0 aliphatic heterocycles. The molecule has 2 aromatic carbocycles. The molecular weight excluding hydrogens is 384 g/mol. The van der Waals surface area contributed by atoms with Crippen molar-refractivity contribution in [1.82, 2.24) is 25.2 Å². The van der Waals surface area contributed by atoms with Gasteiger partial charge in [0.05, 0.1) is 26.1 Å². The number of amides is 1. The predicted molar refractivity (Wildman–Crippen MR) is 110 cm³/mol. The lowest BCUT2D eigenvalue weighted by Crippen LogP contribution is -2.12. The number of hydrogen-bond donors (Lipinski definition) is 1. The Morgan fingerprint density at radius 2 is 1.77 bits per heavy atom. The van der Waals surface area contributed by atoms with Crippen LogP contribution in [0.1, 0.15) is 10.4 Å². The van der Waals surface area contributed by atoms with Crippen molar-refractivity contribution in [2.45, 2.75) is 0 Å². The van der Waals surface area contributed by atoms with Gasteiger partial charge in [-0.1, -0.05) is 12.1 Å². The van der Waals surface area contributed by atoms with Gasteiger partial charge < -0.3 is 14.8 Å². The van der Waals surface area contributed by atoms with Crippen molar-refractivity contribution < 1.29 is 14.3 Å². The van der Waals surface area contributed by atoms with Gasteiger partial charge in [0.2, 0.25) is 11.7 Å². The van der Waals surface area contributed by atoms with Crippen LogP contribution >= 0.6 is 0 Å². The number of aromatic nitrogens is 5. The summed E-state index contributed by atoms with van der Waals surface area (Å²) in [5.41, 5.74) is 2.36. The van der Waals surface area contributed by atoms with Gasteiger partial charge in [0.1, 0.15) is 11.4 Å². The maximum absolute atomic E-state index is 12.7. The summed E-state index contributed by atoms with van der Waals surface area (Å²) in [6.07, 6.45) is 1.58. The van der Waals surface area contributed by atoms with E-state index in [0.717, 1.165) is 0 Å². The predicted octanol–water partition coefficient (Wildman–Crippen LogP) is 2.99. The number of carbonyl (C=O) groups excluding carboxylic acids is 1.